The maximum absolute atomic E-state index is 9.26. The van der Waals surface area contributed by atoms with Gasteiger partial charge in [0.1, 0.15) is 0 Å². The highest BCUT2D eigenvalue weighted by atomic mass is 16.3. The molecular formula is C14H26N2O. The van der Waals surface area contributed by atoms with Gasteiger partial charge < -0.3 is 15.4 Å². The maximum atomic E-state index is 9.26. The highest BCUT2D eigenvalue weighted by Gasteiger charge is 2.21. The molecule has 3 nitrogen and oxygen atoms in total. The summed E-state index contributed by atoms with van der Waals surface area (Å²) >= 11 is 0. The molecular weight excluding hydrogens is 212 g/mol. The van der Waals surface area contributed by atoms with Gasteiger partial charge in [0, 0.05) is 37.0 Å². The second kappa shape index (κ2) is 6.22. The van der Waals surface area contributed by atoms with Crippen molar-refractivity contribution in [3.05, 3.63) is 24.0 Å². The van der Waals surface area contributed by atoms with Crippen LogP contribution in [0.3, 0.4) is 0 Å². The summed E-state index contributed by atoms with van der Waals surface area (Å²) in [6, 6.07) is 4.15. The van der Waals surface area contributed by atoms with Crippen LogP contribution in [-0.2, 0) is 5.41 Å². The first-order valence-electron chi connectivity index (χ1n) is 6.43. The van der Waals surface area contributed by atoms with E-state index in [1.54, 1.807) is 0 Å². The number of aliphatic hydroxyl groups is 1. The minimum atomic E-state index is 0.0977. The molecule has 3 N–H and O–H groups in total. The summed E-state index contributed by atoms with van der Waals surface area (Å²) in [5, 5.41) is 12.7. The van der Waals surface area contributed by atoms with Crippen LogP contribution in [0.5, 0.6) is 0 Å². The molecule has 0 aliphatic rings. The van der Waals surface area contributed by atoms with Crippen molar-refractivity contribution in [2.45, 2.75) is 33.1 Å². The predicted molar refractivity (Wildman–Crippen MR) is 72.1 cm³/mol. The van der Waals surface area contributed by atoms with Crippen LogP contribution >= 0.6 is 0 Å². The summed E-state index contributed by atoms with van der Waals surface area (Å²) < 4.78 is 0. The average Bonchev–Trinajstić information content (AvgIpc) is 2.77. The minimum absolute atomic E-state index is 0.0977. The molecule has 1 aromatic rings. The molecule has 0 aromatic carbocycles. The normalized spacial score (nSPS) is 14.2. The van der Waals surface area contributed by atoms with Gasteiger partial charge in [0.2, 0.25) is 0 Å². The van der Waals surface area contributed by atoms with Gasteiger partial charge in [0.15, 0.2) is 0 Å². The lowest BCUT2D eigenvalue weighted by Crippen LogP contribution is -2.37. The van der Waals surface area contributed by atoms with E-state index in [2.05, 4.69) is 44.1 Å². The summed E-state index contributed by atoms with van der Waals surface area (Å²) in [7, 11) is 0. The van der Waals surface area contributed by atoms with Gasteiger partial charge in [0.05, 0.1) is 0 Å². The molecule has 0 aliphatic carbocycles. The van der Waals surface area contributed by atoms with Crippen LogP contribution in [0.2, 0.25) is 0 Å². The molecule has 0 saturated heterocycles. The molecule has 1 aromatic heterocycles. The highest BCUT2D eigenvalue weighted by Crippen LogP contribution is 2.20. The Morgan fingerprint density at radius 2 is 2.12 bits per heavy atom. The Kier molecular flexibility index (Phi) is 5.22. The fourth-order valence-corrected chi connectivity index (χ4v) is 1.93. The van der Waals surface area contributed by atoms with Crippen molar-refractivity contribution in [1.82, 2.24) is 10.3 Å². The van der Waals surface area contributed by atoms with Crippen LogP contribution in [0.4, 0.5) is 0 Å². The SMILES string of the molecule is CC(C)C(CO)CNCC(C)(C)c1ccc[nH]1. The first-order chi connectivity index (χ1) is 7.97. The lowest BCUT2D eigenvalue weighted by Gasteiger charge is -2.26. The summed E-state index contributed by atoms with van der Waals surface area (Å²) in [5.41, 5.74) is 1.34. The van der Waals surface area contributed by atoms with E-state index in [0.717, 1.165) is 13.1 Å². The molecule has 0 amide bonds. The average molecular weight is 238 g/mol. The van der Waals surface area contributed by atoms with Gasteiger partial charge in [0.25, 0.3) is 0 Å². The standard InChI is InChI=1S/C14H26N2O/c1-11(2)12(9-17)8-15-10-14(3,4)13-6-5-7-16-13/h5-7,11-12,15-17H,8-10H2,1-4H3. The van der Waals surface area contributed by atoms with Gasteiger partial charge in [-0.25, -0.2) is 0 Å². The van der Waals surface area contributed by atoms with Crippen LogP contribution in [0.25, 0.3) is 0 Å². The molecule has 1 atom stereocenters. The fourth-order valence-electron chi connectivity index (χ4n) is 1.93. The number of rotatable bonds is 7. The van der Waals surface area contributed by atoms with E-state index in [4.69, 9.17) is 0 Å². The second-order valence-corrected chi connectivity index (χ2v) is 5.79. The number of aliphatic hydroxyl groups excluding tert-OH is 1. The smallest absolute Gasteiger partial charge is 0.0473 e. The molecule has 0 radical (unpaired) electrons. The molecule has 3 heteroatoms. The number of hydrogen-bond donors (Lipinski definition) is 3. The molecule has 98 valence electrons. The van der Waals surface area contributed by atoms with Crippen LogP contribution in [-0.4, -0.2) is 29.8 Å². The zero-order chi connectivity index (χ0) is 12.9. The fraction of sp³-hybridized carbons (Fsp3) is 0.714. The zero-order valence-corrected chi connectivity index (χ0v) is 11.5. The third-order valence-corrected chi connectivity index (χ3v) is 3.48. The van der Waals surface area contributed by atoms with E-state index in [0.29, 0.717) is 11.8 Å². The van der Waals surface area contributed by atoms with E-state index in [1.807, 2.05) is 12.3 Å². The first-order valence-corrected chi connectivity index (χ1v) is 6.43. The Hall–Kier alpha value is -0.800. The topological polar surface area (TPSA) is 48.0 Å². The predicted octanol–water partition coefficient (Wildman–Crippen LogP) is 2.15. The van der Waals surface area contributed by atoms with Gasteiger partial charge in [-0.1, -0.05) is 27.7 Å². The molecule has 17 heavy (non-hydrogen) atoms. The van der Waals surface area contributed by atoms with Crippen molar-refractivity contribution in [2.75, 3.05) is 19.7 Å². The third-order valence-electron chi connectivity index (χ3n) is 3.48. The quantitative estimate of drug-likeness (QED) is 0.681. The van der Waals surface area contributed by atoms with Crippen molar-refractivity contribution in [1.29, 1.82) is 0 Å². The summed E-state index contributed by atoms with van der Waals surface area (Å²) in [4.78, 5) is 3.26. The number of H-pyrrole nitrogens is 1. The van der Waals surface area contributed by atoms with Gasteiger partial charge in [-0.05, 0) is 24.0 Å². The Labute approximate surface area is 105 Å². The largest absolute Gasteiger partial charge is 0.396 e. The third kappa shape index (κ3) is 4.17. The van der Waals surface area contributed by atoms with E-state index >= 15 is 0 Å². The Balaban J connectivity index is 2.40. The molecule has 0 spiro atoms. The van der Waals surface area contributed by atoms with E-state index in [1.165, 1.54) is 5.69 Å². The van der Waals surface area contributed by atoms with Crippen molar-refractivity contribution in [3.8, 4) is 0 Å². The summed E-state index contributed by atoms with van der Waals surface area (Å²) in [6.45, 7) is 10.8. The molecule has 0 fully saturated rings. The van der Waals surface area contributed by atoms with E-state index in [9.17, 15) is 5.11 Å². The van der Waals surface area contributed by atoms with E-state index in [-0.39, 0.29) is 12.0 Å². The van der Waals surface area contributed by atoms with Gasteiger partial charge in [-0.3, -0.25) is 0 Å². The van der Waals surface area contributed by atoms with Crippen molar-refractivity contribution < 1.29 is 5.11 Å². The Morgan fingerprint density at radius 3 is 2.59 bits per heavy atom. The highest BCUT2D eigenvalue weighted by molar-refractivity contribution is 5.15. The molecule has 0 aliphatic heterocycles. The van der Waals surface area contributed by atoms with Gasteiger partial charge in [-0.2, -0.15) is 0 Å². The van der Waals surface area contributed by atoms with Crippen molar-refractivity contribution in [3.63, 3.8) is 0 Å². The minimum Gasteiger partial charge on any atom is -0.396 e. The summed E-state index contributed by atoms with van der Waals surface area (Å²) in [6.07, 6.45) is 1.96. The summed E-state index contributed by atoms with van der Waals surface area (Å²) in [5.74, 6) is 0.857. The molecule has 1 heterocycles. The van der Waals surface area contributed by atoms with Crippen molar-refractivity contribution >= 4 is 0 Å². The maximum Gasteiger partial charge on any atom is 0.0473 e. The van der Waals surface area contributed by atoms with Crippen LogP contribution in [0.15, 0.2) is 18.3 Å². The molecule has 0 saturated carbocycles. The molecule has 0 bridgehead atoms. The van der Waals surface area contributed by atoms with Crippen LogP contribution in [0, 0.1) is 11.8 Å². The Morgan fingerprint density at radius 1 is 1.41 bits per heavy atom. The zero-order valence-electron chi connectivity index (χ0n) is 11.5. The number of aromatic amines is 1. The van der Waals surface area contributed by atoms with Gasteiger partial charge >= 0.3 is 0 Å². The molecule has 1 unspecified atom stereocenters. The lowest BCUT2D eigenvalue weighted by atomic mass is 9.89. The number of nitrogens with one attached hydrogen (secondary N) is 2. The Bertz CT molecular complexity index is 304. The van der Waals surface area contributed by atoms with Crippen LogP contribution in [0.1, 0.15) is 33.4 Å². The lowest BCUT2D eigenvalue weighted by molar-refractivity contribution is 0.184. The van der Waals surface area contributed by atoms with Crippen LogP contribution < -0.4 is 5.32 Å². The number of aromatic nitrogens is 1. The van der Waals surface area contributed by atoms with Gasteiger partial charge in [-0.15, -0.1) is 0 Å². The first kappa shape index (κ1) is 14.3. The molecule has 1 rings (SSSR count). The second-order valence-electron chi connectivity index (χ2n) is 5.79. The monoisotopic (exact) mass is 238 g/mol. The van der Waals surface area contributed by atoms with Crippen molar-refractivity contribution in [2.24, 2.45) is 11.8 Å². The van der Waals surface area contributed by atoms with E-state index < -0.39 is 0 Å². The number of hydrogen-bond acceptors (Lipinski definition) is 2.